The van der Waals surface area contributed by atoms with Crippen LogP contribution < -0.4 is 0 Å². The number of carboxylic acid groups (broad SMARTS) is 1. The number of carboxylic acids is 1. The van der Waals surface area contributed by atoms with Crippen LogP contribution in [0.15, 0.2) is 18.2 Å². The molecule has 0 bridgehead atoms. The van der Waals surface area contributed by atoms with E-state index in [4.69, 9.17) is 5.11 Å². The number of hydrogen-bond acceptors (Lipinski definition) is 4. The number of benzene rings is 1. The number of aromatic hydroxyl groups is 1. The van der Waals surface area contributed by atoms with Gasteiger partial charge in [0.2, 0.25) is 0 Å². The number of carbonyl (C=O) groups is 1. The lowest BCUT2D eigenvalue weighted by Gasteiger charge is -1.92. The van der Waals surface area contributed by atoms with E-state index in [9.17, 15) is 9.90 Å². The summed E-state index contributed by atoms with van der Waals surface area (Å²) in [6, 6.07) is 4.73. The Bertz CT molecular complexity index is 477. The summed E-state index contributed by atoms with van der Waals surface area (Å²) >= 11 is 0.988. The third-order valence-corrected chi connectivity index (χ3v) is 2.57. The monoisotopic (exact) mass is 195 g/mol. The molecule has 1 aromatic heterocycles. The molecule has 1 heterocycles. The van der Waals surface area contributed by atoms with Crippen molar-refractivity contribution in [1.82, 2.24) is 4.37 Å². The highest BCUT2D eigenvalue weighted by atomic mass is 32.1. The van der Waals surface area contributed by atoms with Crippen LogP contribution in [-0.2, 0) is 0 Å². The summed E-state index contributed by atoms with van der Waals surface area (Å²) in [4.78, 5) is 10.6. The van der Waals surface area contributed by atoms with E-state index in [0.29, 0.717) is 10.1 Å². The molecule has 0 amide bonds. The second kappa shape index (κ2) is 2.70. The Hall–Kier alpha value is -1.62. The zero-order chi connectivity index (χ0) is 9.42. The standard InChI is InChI=1S/C8H5NO3S/c10-5-3-1-2-4-6(8(11)12)9-13-7(4)5/h1-3,10H,(H,11,12). The second-order valence-corrected chi connectivity index (χ2v) is 3.26. The predicted octanol–water partition coefficient (Wildman–Crippen LogP) is 1.70. The number of fused-ring (bicyclic) bond motifs is 1. The van der Waals surface area contributed by atoms with Crippen molar-refractivity contribution < 1.29 is 15.0 Å². The van der Waals surface area contributed by atoms with Crippen LogP contribution in [0.5, 0.6) is 5.75 Å². The third-order valence-electron chi connectivity index (χ3n) is 1.68. The SMILES string of the molecule is O=C(O)c1nsc2c(O)cccc12. The molecule has 2 aromatic rings. The summed E-state index contributed by atoms with van der Waals surface area (Å²) in [7, 11) is 0. The van der Waals surface area contributed by atoms with Gasteiger partial charge in [-0.15, -0.1) is 0 Å². The van der Waals surface area contributed by atoms with Crippen LogP contribution in [0.4, 0.5) is 0 Å². The molecule has 1 aromatic carbocycles. The fourth-order valence-corrected chi connectivity index (χ4v) is 1.89. The first kappa shape index (κ1) is 8.00. The Morgan fingerprint density at radius 2 is 2.23 bits per heavy atom. The Kier molecular flexibility index (Phi) is 1.66. The summed E-state index contributed by atoms with van der Waals surface area (Å²) in [5.41, 5.74) is -0.00380. The number of phenolic OH excluding ortho intramolecular Hbond substituents is 1. The van der Waals surface area contributed by atoms with Gasteiger partial charge in [-0.25, -0.2) is 4.79 Å². The van der Waals surface area contributed by atoms with Crippen molar-refractivity contribution in [2.75, 3.05) is 0 Å². The van der Waals surface area contributed by atoms with Crippen molar-refractivity contribution >= 4 is 27.6 Å². The topological polar surface area (TPSA) is 70.4 Å². The molecular formula is C8H5NO3S. The van der Waals surface area contributed by atoms with E-state index in [1.807, 2.05) is 0 Å². The number of aromatic nitrogens is 1. The molecule has 0 aliphatic heterocycles. The van der Waals surface area contributed by atoms with Crippen LogP contribution in [-0.4, -0.2) is 20.6 Å². The quantitative estimate of drug-likeness (QED) is 0.726. The lowest BCUT2D eigenvalue weighted by molar-refractivity contribution is 0.0694. The minimum Gasteiger partial charge on any atom is -0.506 e. The van der Waals surface area contributed by atoms with Gasteiger partial charge < -0.3 is 10.2 Å². The van der Waals surface area contributed by atoms with Gasteiger partial charge in [0.15, 0.2) is 5.69 Å². The van der Waals surface area contributed by atoms with Gasteiger partial charge in [-0.05, 0) is 17.6 Å². The zero-order valence-corrected chi connectivity index (χ0v) is 7.21. The zero-order valence-electron chi connectivity index (χ0n) is 6.39. The van der Waals surface area contributed by atoms with Crippen molar-refractivity contribution in [2.24, 2.45) is 0 Å². The maximum atomic E-state index is 10.6. The fourth-order valence-electron chi connectivity index (χ4n) is 1.10. The number of nitrogens with zero attached hydrogens (tertiary/aromatic N) is 1. The van der Waals surface area contributed by atoms with E-state index in [1.54, 1.807) is 12.1 Å². The van der Waals surface area contributed by atoms with Gasteiger partial charge in [-0.2, -0.15) is 4.37 Å². The predicted molar refractivity (Wildman–Crippen MR) is 48.2 cm³/mol. The van der Waals surface area contributed by atoms with E-state index in [-0.39, 0.29) is 11.4 Å². The fraction of sp³-hybridized carbons (Fsp3) is 0. The molecule has 5 heteroatoms. The molecule has 0 aliphatic carbocycles. The molecule has 0 spiro atoms. The first-order valence-electron chi connectivity index (χ1n) is 3.51. The second-order valence-electron chi connectivity index (χ2n) is 2.49. The number of hydrogen-bond donors (Lipinski definition) is 2. The molecule has 0 aliphatic rings. The van der Waals surface area contributed by atoms with Gasteiger partial charge in [-0.1, -0.05) is 12.1 Å². The van der Waals surface area contributed by atoms with Crippen molar-refractivity contribution in [3.05, 3.63) is 23.9 Å². The lowest BCUT2D eigenvalue weighted by atomic mass is 10.2. The summed E-state index contributed by atoms with van der Waals surface area (Å²) in [5.74, 6) is -1.00. The smallest absolute Gasteiger partial charge is 0.356 e. The summed E-state index contributed by atoms with van der Waals surface area (Å²) in [6.07, 6.45) is 0. The number of aromatic carboxylic acids is 1. The van der Waals surface area contributed by atoms with Gasteiger partial charge in [-0.3, -0.25) is 0 Å². The van der Waals surface area contributed by atoms with Gasteiger partial charge in [0, 0.05) is 5.39 Å². The van der Waals surface area contributed by atoms with Crippen LogP contribution in [0.25, 0.3) is 10.1 Å². The van der Waals surface area contributed by atoms with E-state index in [2.05, 4.69) is 4.37 Å². The van der Waals surface area contributed by atoms with Crippen LogP contribution in [0.2, 0.25) is 0 Å². The molecular weight excluding hydrogens is 190 g/mol. The Labute approximate surface area is 77.2 Å². The van der Waals surface area contributed by atoms with E-state index >= 15 is 0 Å². The van der Waals surface area contributed by atoms with E-state index in [0.717, 1.165) is 11.5 Å². The molecule has 0 fully saturated rings. The molecule has 13 heavy (non-hydrogen) atoms. The molecule has 2 N–H and O–H groups in total. The molecule has 0 radical (unpaired) electrons. The number of phenols is 1. The van der Waals surface area contributed by atoms with Crippen molar-refractivity contribution in [3.8, 4) is 5.75 Å². The van der Waals surface area contributed by atoms with Crippen molar-refractivity contribution in [1.29, 1.82) is 0 Å². The summed E-state index contributed by atoms with van der Waals surface area (Å²) < 4.78 is 4.25. The summed E-state index contributed by atoms with van der Waals surface area (Å²) in [6.45, 7) is 0. The van der Waals surface area contributed by atoms with Crippen LogP contribution in [0.3, 0.4) is 0 Å². The molecule has 0 saturated carbocycles. The van der Waals surface area contributed by atoms with E-state index < -0.39 is 5.97 Å². The molecule has 0 unspecified atom stereocenters. The Balaban J connectivity index is 2.83. The minimum absolute atomic E-state index is 0.00380. The van der Waals surface area contributed by atoms with Crippen molar-refractivity contribution in [2.45, 2.75) is 0 Å². The molecule has 0 saturated heterocycles. The van der Waals surface area contributed by atoms with Gasteiger partial charge in [0.1, 0.15) is 5.75 Å². The minimum atomic E-state index is -1.07. The number of rotatable bonds is 1. The maximum absolute atomic E-state index is 10.6. The van der Waals surface area contributed by atoms with Crippen molar-refractivity contribution in [3.63, 3.8) is 0 Å². The maximum Gasteiger partial charge on any atom is 0.356 e. The first-order chi connectivity index (χ1) is 6.20. The highest BCUT2D eigenvalue weighted by molar-refractivity contribution is 7.14. The lowest BCUT2D eigenvalue weighted by Crippen LogP contribution is -1.95. The normalized spacial score (nSPS) is 10.5. The largest absolute Gasteiger partial charge is 0.506 e. The van der Waals surface area contributed by atoms with Gasteiger partial charge in [0.25, 0.3) is 0 Å². The Morgan fingerprint density at radius 3 is 2.92 bits per heavy atom. The molecule has 0 atom stereocenters. The Morgan fingerprint density at radius 1 is 1.46 bits per heavy atom. The highest BCUT2D eigenvalue weighted by Crippen LogP contribution is 2.30. The average Bonchev–Trinajstić information content (AvgIpc) is 2.48. The molecule has 66 valence electrons. The first-order valence-corrected chi connectivity index (χ1v) is 4.28. The van der Waals surface area contributed by atoms with Gasteiger partial charge in [0.05, 0.1) is 4.70 Å². The molecule has 2 rings (SSSR count). The molecule has 4 nitrogen and oxygen atoms in total. The van der Waals surface area contributed by atoms with Crippen LogP contribution in [0.1, 0.15) is 10.5 Å². The van der Waals surface area contributed by atoms with Crippen LogP contribution in [0, 0.1) is 0 Å². The highest BCUT2D eigenvalue weighted by Gasteiger charge is 2.14. The average molecular weight is 195 g/mol. The van der Waals surface area contributed by atoms with Gasteiger partial charge >= 0.3 is 5.97 Å². The third kappa shape index (κ3) is 1.13. The summed E-state index contributed by atoms with van der Waals surface area (Å²) in [5, 5.41) is 18.6. The van der Waals surface area contributed by atoms with E-state index in [1.165, 1.54) is 6.07 Å². The van der Waals surface area contributed by atoms with Crippen LogP contribution >= 0.6 is 11.5 Å².